The molecule has 4 heterocycles. The molecule has 3 nitrogen and oxygen atoms in total. The lowest BCUT2D eigenvalue weighted by Crippen LogP contribution is -2.25. The number of hydrogen-bond acceptors (Lipinski definition) is 2. The number of fused-ring (bicyclic) bond motifs is 8. The van der Waals surface area contributed by atoms with Gasteiger partial charge in [-0.1, -0.05) is 48.5 Å². The summed E-state index contributed by atoms with van der Waals surface area (Å²) in [5.41, 5.74) is 12.9. The molecule has 4 saturated carbocycles. The Balaban J connectivity index is 1.24. The van der Waals surface area contributed by atoms with Crippen LogP contribution >= 0.6 is 0 Å². The maximum atomic E-state index is 5.48. The fraction of sp³-hybridized carbons (Fsp3) is 0.409. The molecule has 8 aliphatic rings. The fourth-order valence-electron chi connectivity index (χ4n) is 13.4. The highest BCUT2D eigenvalue weighted by molar-refractivity contribution is 6.33. The zero-order chi connectivity index (χ0) is 30.1. The maximum absolute atomic E-state index is 5.48. The Kier molecular flexibility index (Phi) is 4.56. The molecule has 0 N–H and O–H groups in total. The van der Waals surface area contributed by atoms with Crippen molar-refractivity contribution < 1.29 is 0 Å². The highest BCUT2D eigenvalue weighted by Crippen LogP contribution is 2.61. The standard InChI is InChI=1S/C44H39N3/c1-2-5-26(6-3-1)31-7-4-8-32-33(31)19-34-39-35(20-45-42-29-15-22-9-23(16-29)12-27(11-22)37(39)42)47-36-21-46-43-30-17-24-10-25(18-30)14-28(13-24)38(43)41(36)40(32)44(34)47/h1-8,19-25,27-30H,9-18H2. The van der Waals surface area contributed by atoms with Gasteiger partial charge in [-0.05, 0) is 139 Å². The van der Waals surface area contributed by atoms with Crippen molar-refractivity contribution in [3.8, 4) is 11.1 Å². The van der Waals surface area contributed by atoms with Crippen molar-refractivity contribution in [2.45, 2.75) is 87.9 Å². The second-order valence-electron chi connectivity index (χ2n) is 17.0. The summed E-state index contributed by atoms with van der Waals surface area (Å²) in [4.78, 5) is 11.0. The molecule has 4 fully saturated rings. The molecule has 47 heavy (non-hydrogen) atoms. The van der Waals surface area contributed by atoms with Crippen LogP contribution in [0, 0.1) is 23.7 Å². The highest BCUT2D eigenvalue weighted by Gasteiger charge is 2.46. The van der Waals surface area contributed by atoms with Gasteiger partial charge in [0.1, 0.15) is 0 Å². The minimum Gasteiger partial charge on any atom is -0.305 e. The summed E-state index contributed by atoms with van der Waals surface area (Å²) >= 11 is 0. The summed E-state index contributed by atoms with van der Waals surface area (Å²) in [6.45, 7) is 0. The number of nitrogens with zero attached hydrogens (tertiary/aromatic N) is 3. The molecular weight excluding hydrogens is 571 g/mol. The molecule has 4 unspecified atom stereocenters. The van der Waals surface area contributed by atoms with Crippen LogP contribution in [0.2, 0.25) is 0 Å². The molecule has 3 heteroatoms. The van der Waals surface area contributed by atoms with Gasteiger partial charge in [0.15, 0.2) is 0 Å². The predicted molar refractivity (Wildman–Crippen MR) is 191 cm³/mol. The van der Waals surface area contributed by atoms with Crippen molar-refractivity contribution in [1.82, 2.24) is 14.4 Å². The minimum atomic E-state index is 0.636. The van der Waals surface area contributed by atoms with E-state index >= 15 is 0 Å². The average molecular weight is 610 g/mol. The van der Waals surface area contributed by atoms with Crippen LogP contribution in [0.25, 0.3) is 60.0 Å². The summed E-state index contributed by atoms with van der Waals surface area (Å²) in [6, 6.07) is 20.8. The fourth-order valence-corrected chi connectivity index (χ4v) is 13.4. The molecule has 8 aliphatic carbocycles. The van der Waals surface area contributed by atoms with Crippen LogP contribution in [0.15, 0.2) is 67.0 Å². The Morgan fingerprint density at radius 1 is 0.489 bits per heavy atom. The number of benzene rings is 3. The minimum absolute atomic E-state index is 0.636. The van der Waals surface area contributed by atoms with Crippen LogP contribution in [0.4, 0.5) is 0 Å². The topological polar surface area (TPSA) is 30.2 Å². The quantitative estimate of drug-likeness (QED) is 0.185. The molecule has 230 valence electrons. The number of hydrogen-bond donors (Lipinski definition) is 0. The molecule has 7 aromatic rings. The van der Waals surface area contributed by atoms with Crippen molar-refractivity contribution in [2.75, 3.05) is 0 Å². The lowest BCUT2D eigenvalue weighted by atomic mass is 9.67. The second kappa shape index (κ2) is 8.53. The summed E-state index contributed by atoms with van der Waals surface area (Å²) in [5, 5.41) is 8.83. The molecule has 15 rings (SSSR count). The van der Waals surface area contributed by atoms with Gasteiger partial charge < -0.3 is 4.40 Å². The van der Waals surface area contributed by atoms with Crippen molar-refractivity contribution in [1.29, 1.82) is 0 Å². The first-order valence-corrected chi connectivity index (χ1v) is 18.8. The molecule has 4 atom stereocenters. The van der Waals surface area contributed by atoms with Gasteiger partial charge >= 0.3 is 0 Å². The van der Waals surface area contributed by atoms with Crippen LogP contribution in [0.1, 0.15) is 110 Å². The zero-order valence-electron chi connectivity index (χ0n) is 26.9. The molecule has 3 aromatic carbocycles. The Morgan fingerprint density at radius 3 is 1.70 bits per heavy atom. The van der Waals surface area contributed by atoms with Crippen LogP contribution in [0.5, 0.6) is 0 Å². The van der Waals surface area contributed by atoms with Gasteiger partial charge in [0.2, 0.25) is 0 Å². The molecule has 0 amide bonds. The third kappa shape index (κ3) is 3.07. The van der Waals surface area contributed by atoms with E-state index in [-0.39, 0.29) is 0 Å². The number of pyridine rings is 2. The van der Waals surface area contributed by atoms with E-state index in [9.17, 15) is 0 Å². The van der Waals surface area contributed by atoms with Crippen molar-refractivity contribution in [2.24, 2.45) is 23.7 Å². The largest absolute Gasteiger partial charge is 0.305 e. The second-order valence-corrected chi connectivity index (χ2v) is 17.0. The summed E-state index contributed by atoms with van der Waals surface area (Å²) in [6.07, 6.45) is 18.3. The summed E-state index contributed by atoms with van der Waals surface area (Å²) in [7, 11) is 0. The number of rotatable bonds is 1. The van der Waals surface area contributed by atoms with Gasteiger partial charge in [-0.3, -0.25) is 9.97 Å². The highest BCUT2D eigenvalue weighted by atomic mass is 14.9. The van der Waals surface area contributed by atoms with Crippen LogP contribution in [-0.2, 0) is 0 Å². The third-order valence-electron chi connectivity index (χ3n) is 14.6. The van der Waals surface area contributed by atoms with Crippen LogP contribution in [0.3, 0.4) is 0 Å². The van der Waals surface area contributed by atoms with Gasteiger partial charge in [-0.15, -0.1) is 0 Å². The van der Waals surface area contributed by atoms with Crippen molar-refractivity contribution in [3.63, 3.8) is 0 Å². The normalized spacial score (nSPS) is 31.8. The Labute approximate surface area is 274 Å². The molecule has 0 saturated heterocycles. The van der Waals surface area contributed by atoms with E-state index in [1.807, 2.05) is 0 Å². The molecule has 0 spiro atoms. The SMILES string of the molecule is c1ccc(-c2cccc3c2cc2c4c5c(ncc4n4c6cnc7c(c6c3c24)C2CC3CC(CC7C3)C2)C2CC3CC(C2)CC5C3)cc1. The first kappa shape index (κ1) is 25.1. The maximum Gasteiger partial charge on any atom is 0.0728 e. The Hall–Kier alpha value is -3.98. The van der Waals surface area contributed by atoms with Gasteiger partial charge in [0.25, 0.3) is 0 Å². The van der Waals surface area contributed by atoms with E-state index in [1.54, 1.807) is 11.1 Å². The van der Waals surface area contributed by atoms with Gasteiger partial charge in [-0.25, -0.2) is 0 Å². The first-order valence-electron chi connectivity index (χ1n) is 18.8. The molecule has 8 bridgehead atoms. The Bertz CT molecular complexity index is 2460. The van der Waals surface area contributed by atoms with E-state index < -0.39 is 0 Å². The predicted octanol–water partition coefficient (Wildman–Crippen LogP) is 11.2. The Morgan fingerprint density at radius 2 is 1.06 bits per heavy atom. The van der Waals surface area contributed by atoms with Gasteiger partial charge in [0, 0.05) is 44.8 Å². The van der Waals surface area contributed by atoms with Crippen molar-refractivity contribution >= 4 is 48.9 Å². The van der Waals surface area contributed by atoms with Crippen molar-refractivity contribution in [3.05, 3.63) is 89.5 Å². The number of aromatic nitrogens is 3. The lowest BCUT2D eigenvalue weighted by Gasteiger charge is -2.38. The van der Waals surface area contributed by atoms with Gasteiger partial charge in [0.05, 0.1) is 28.9 Å². The average Bonchev–Trinajstić information content (AvgIpc) is 3.48. The van der Waals surface area contributed by atoms with E-state index in [2.05, 4.69) is 71.4 Å². The van der Waals surface area contributed by atoms with E-state index in [1.165, 1.54) is 136 Å². The zero-order valence-corrected chi connectivity index (χ0v) is 26.9. The summed E-state index contributed by atoms with van der Waals surface area (Å²) < 4.78 is 2.65. The van der Waals surface area contributed by atoms with Gasteiger partial charge in [-0.2, -0.15) is 0 Å². The first-order chi connectivity index (χ1) is 23.2. The van der Waals surface area contributed by atoms with E-state index in [4.69, 9.17) is 9.97 Å². The third-order valence-corrected chi connectivity index (χ3v) is 14.6. The molecule has 0 radical (unpaired) electrons. The lowest BCUT2D eigenvalue weighted by molar-refractivity contribution is 0.165. The molecule has 0 aliphatic heterocycles. The monoisotopic (exact) mass is 609 g/mol. The van der Waals surface area contributed by atoms with Crippen LogP contribution in [-0.4, -0.2) is 14.4 Å². The van der Waals surface area contributed by atoms with E-state index in [0.29, 0.717) is 23.7 Å². The van der Waals surface area contributed by atoms with E-state index in [0.717, 1.165) is 23.7 Å². The smallest absolute Gasteiger partial charge is 0.0728 e. The molecular formula is C44H39N3. The molecule has 4 aromatic heterocycles. The van der Waals surface area contributed by atoms with Crippen LogP contribution < -0.4 is 0 Å². The summed E-state index contributed by atoms with van der Waals surface area (Å²) in [5.74, 6) is 6.10.